The summed E-state index contributed by atoms with van der Waals surface area (Å²) in [5.41, 5.74) is 4.87. The Morgan fingerprint density at radius 3 is 1.88 bits per heavy atom. The fourth-order valence-corrected chi connectivity index (χ4v) is 3.72. The normalized spacial score (nSPS) is 16.1. The summed E-state index contributed by atoms with van der Waals surface area (Å²) in [6, 6.07) is 0. The number of hydrogen-bond donors (Lipinski definition) is 2. The van der Waals surface area contributed by atoms with Crippen LogP contribution in [0.5, 0.6) is 0 Å². The first-order valence-electron chi connectivity index (χ1n) is 10.9. The van der Waals surface area contributed by atoms with Crippen LogP contribution in [-0.2, 0) is 9.53 Å². The molecule has 0 fully saturated rings. The van der Waals surface area contributed by atoms with Gasteiger partial charge < -0.3 is 15.6 Å². The maximum Gasteiger partial charge on any atom is 0.311 e. The molecule has 3 unspecified atom stereocenters. The first kappa shape index (κ1) is 25.4. The van der Waals surface area contributed by atoms with Crippen molar-refractivity contribution in [2.24, 2.45) is 17.1 Å². The maximum absolute atomic E-state index is 12.3. The van der Waals surface area contributed by atoms with Gasteiger partial charge in [0.15, 0.2) is 0 Å². The van der Waals surface area contributed by atoms with Crippen molar-refractivity contribution in [3.05, 3.63) is 0 Å². The van der Waals surface area contributed by atoms with Crippen molar-refractivity contribution in [1.29, 1.82) is 0 Å². The molecule has 0 aromatic carbocycles. The van der Waals surface area contributed by atoms with Crippen molar-refractivity contribution in [3.63, 3.8) is 0 Å². The van der Waals surface area contributed by atoms with Crippen LogP contribution < -0.4 is 5.73 Å². The molecule has 0 spiro atoms. The number of carbonyl (C=O) groups excluding carboxylic acids is 1. The molecule has 0 heterocycles. The lowest BCUT2D eigenvalue weighted by Gasteiger charge is -2.34. The van der Waals surface area contributed by atoms with Gasteiger partial charge in [-0.2, -0.15) is 0 Å². The SMILES string of the molecule is CCCCCCCCCCCCCC(C)C(C)(CC(O)CN)C(=O)OC. The average molecular weight is 372 g/mol. The zero-order valence-corrected chi connectivity index (χ0v) is 17.9. The highest BCUT2D eigenvalue weighted by atomic mass is 16.5. The summed E-state index contributed by atoms with van der Waals surface area (Å²) >= 11 is 0. The number of rotatable bonds is 17. The summed E-state index contributed by atoms with van der Waals surface area (Å²) < 4.78 is 5.00. The van der Waals surface area contributed by atoms with Gasteiger partial charge in [0, 0.05) is 6.54 Å². The van der Waals surface area contributed by atoms with E-state index in [-0.39, 0.29) is 18.4 Å². The van der Waals surface area contributed by atoms with Crippen molar-refractivity contribution < 1.29 is 14.6 Å². The molecule has 0 radical (unpaired) electrons. The predicted molar refractivity (Wildman–Crippen MR) is 110 cm³/mol. The molecule has 0 bridgehead atoms. The molecule has 3 atom stereocenters. The molecular weight excluding hydrogens is 326 g/mol. The zero-order valence-electron chi connectivity index (χ0n) is 17.9. The van der Waals surface area contributed by atoms with Gasteiger partial charge in [-0.15, -0.1) is 0 Å². The number of aliphatic hydroxyl groups excluding tert-OH is 1. The molecule has 0 aromatic heterocycles. The summed E-state index contributed by atoms with van der Waals surface area (Å²) in [4.78, 5) is 12.3. The topological polar surface area (TPSA) is 72.5 Å². The monoisotopic (exact) mass is 371 g/mol. The van der Waals surface area contributed by atoms with Crippen molar-refractivity contribution in [2.45, 2.75) is 110 Å². The molecule has 4 heteroatoms. The quantitative estimate of drug-likeness (QED) is 0.272. The van der Waals surface area contributed by atoms with Gasteiger partial charge in [0.2, 0.25) is 0 Å². The van der Waals surface area contributed by atoms with Crippen molar-refractivity contribution in [3.8, 4) is 0 Å². The number of methoxy groups -OCH3 is 1. The van der Waals surface area contributed by atoms with E-state index in [4.69, 9.17) is 10.5 Å². The fraction of sp³-hybridized carbons (Fsp3) is 0.955. The molecule has 0 aliphatic carbocycles. The van der Waals surface area contributed by atoms with Crippen molar-refractivity contribution in [1.82, 2.24) is 0 Å². The smallest absolute Gasteiger partial charge is 0.311 e. The maximum atomic E-state index is 12.3. The Hall–Kier alpha value is -0.610. The van der Waals surface area contributed by atoms with E-state index in [9.17, 15) is 9.90 Å². The van der Waals surface area contributed by atoms with Crippen LogP contribution in [0.15, 0.2) is 0 Å². The molecule has 3 N–H and O–H groups in total. The van der Waals surface area contributed by atoms with E-state index in [1.165, 1.54) is 71.3 Å². The summed E-state index contributed by atoms with van der Waals surface area (Å²) in [5, 5.41) is 9.91. The van der Waals surface area contributed by atoms with Crippen molar-refractivity contribution in [2.75, 3.05) is 13.7 Å². The Balaban J connectivity index is 3.95. The molecule has 0 aliphatic heterocycles. The first-order chi connectivity index (χ1) is 12.4. The lowest BCUT2D eigenvalue weighted by molar-refractivity contribution is -0.157. The van der Waals surface area contributed by atoms with E-state index in [0.717, 1.165) is 12.8 Å². The third kappa shape index (κ3) is 10.5. The Morgan fingerprint density at radius 2 is 1.46 bits per heavy atom. The number of aliphatic hydroxyl groups is 1. The third-order valence-corrected chi connectivity index (χ3v) is 5.91. The van der Waals surface area contributed by atoms with E-state index in [1.54, 1.807) is 0 Å². The number of carbonyl (C=O) groups is 1. The number of esters is 1. The Bertz CT molecular complexity index is 348. The minimum Gasteiger partial charge on any atom is -0.469 e. The van der Waals surface area contributed by atoms with E-state index >= 15 is 0 Å². The minimum atomic E-state index is -0.661. The molecule has 0 amide bonds. The zero-order chi connectivity index (χ0) is 19.8. The third-order valence-electron chi connectivity index (χ3n) is 5.91. The van der Waals surface area contributed by atoms with Crippen LogP contribution in [0.25, 0.3) is 0 Å². The van der Waals surface area contributed by atoms with Crippen LogP contribution in [-0.4, -0.2) is 30.8 Å². The van der Waals surface area contributed by atoms with Gasteiger partial charge in [-0.05, 0) is 25.7 Å². The van der Waals surface area contributed by atoms with Crippen LogP contribution in [0, 0.1) is 11.3 Å². The average Bonchev–Trinajstić information content (AvgIpc) is 2.64. The molecule has 26 heavy (non-hydrogen) atoms. The summed E-state index contributed by atoms with van der Waals surface area (Å²) in [6.07, 6.45) is 15.3. The van der Waals surface area contributed by atoms with Gasteiger partial charge >= 0.3 is 5.97 Å². The van der Waals surface area contributed by atoms with Crippen LogP contribution in [0.1, 0.15) is 104 Å². The lowest BCUT2D eigenvalue weighted by Crippen LogP contribution is -2.40. The second-order valence-electron chi connectivity index (χ2n) is 8.23. The minimum absolute atomic E-state index is 0.176. The molecule has 156 valence electrons. The molecule has 0 saturated carbocycles. The molecule has 0 aromatic rings. The molecular formula is C22H45NO3. The molecule has 0 rings (SSSR count). The van der Waals surface area contributed by atoms with E-state index < -0.39 is 11.5 Å². The molecule has 4 nitrogen and oxygen atoms in total. The Labute approximate surface area is 162 Å². The number of hydrogen-bond acceptors (Lipinski definition) is 4. The summed E-state index contributed by atoms with van der Waals surface area (Å²) in [7, 11) is 1.42. The van der Waals surface area contributed by atoms with Crippen LogP contribution in [0.3, 0.4) is 0 Å². The van der Waals surface area contributed by atoms with Gasteiger partial charge in [0.25, 0.3) is 0 Å². The largest absolute Gasteiger partial charge is 0.469 e. The van der Waals surface area contributed by atoms with Gasteiger partial charge in [-0.3, -0.25) is 4.79 Å². The number of nitrogens with two attached hydrogens (primary N) is 1. The second kappa shape index (κ2) is 15.4. The number of unbranched alkanes of at least 4 members (excludes halogenated alkanes) is 10. The molecule has 0 aliphatic rings. The van der Waals surface area contributed by atoms with Crippen LogP contribution in [0.2, 0.25) is 0 Å². The van der Waals surface area contributed by atoms with E-state index in [1.807, 2.05) is 6.92 Å². The number of ether oxygens (including phenoxy) is 1. The van der Waals surface area contributed by atoms with Gasteiger partial charge in [-0.25, -0.2) is 0 Å². The molecule has 0 saturated heterocycles. The summed E-state index contributed by atoms with van der Waals surface area (Å²) in [5.74, 6) is -0.0599. The van der Waals surface area contributed by atoms with Gasteiger partial charge in [0.05, 0.1) is 18.6 Å². The highest BCUT2D eigenvalue weighted by Gasteiger charge is 2.40. The van der Waals surface area contributed by atoms with Crippen molar-refractivity contribution >= 4 is 5.97 Å². The Kier molecular flexibility index (Phi) is 15.1. The fourth-order valence-electron chi connectivity index (χ4n) is 3.72. The van der Waals surface area contributed by atoms with Crippen LogP contribution in [0.4, 0.5) is 0 Å². The first-order valence-corrected chi connectivity index (χ1v) is 10.9. The highest BCUT2D eigenvalue weighted by Crippen LogP contribution is 2.37. The van der Waals surface area contributed by atoms with Crippen LogP contribution >= 0.6 is 0 Å². The highest BCUT2D eigenvalue weighted by molar-refractivity contribution is 5.76. The predicted octanol–water partition coefficient (Wildman–Crippen LogP) is 5.21. The van der Waals surface area contributed by atoms with Gasteiger partial charge in [-0.1, -0.05) is 84.5 Å². The lowest BCUT2D eigenvalue weighted by atomic mass is 9.72. The van der Waals surface area contributed by atoms with E-state index in [2.05, 4.69) is 13.8 Å². The Morgan fingerprint density at radius 1 is 1.00 bits per heavy atom. The van der Waals surface area contributed by atoms with Gasteiger partial charge in [0.1, 0.15) is 0 Å². The van der Waals surface area contributed by atoms with E-state index in [0.29, 0.717) is 6.42 Å². The second-order valence-corrected chi connectivity index (χ2v) is 8.23. The summed E-state index contributed by atoms with van der Waals surface area (Å²) in [6.45, 7) is 6.43. The standard InChI is InChI=1S/C22H45NO3/c1-5-6-7-8-9-10-11-12-13-14-15-16-19(2)22(3,21(25)26-4)17-20(24)18-23/h19-20,24H,5-18,23H2,1-4H3.